The van der Waals surface area contributed by atoms with Crippen LogP contribution in [-0.4, -0.2) is 50.5 Å². The van der Waals surface area contributed by atoms with Gasteiger partial charge in [0.2, 0.25) is 21.8 Å². The number of hydrogen-bond acceptors (Lipinski definition) is 4. The fourth-order valence-electron chi connectivity index (χ4n) is 3.93. The Bertz CT molecular complexity index is 1320. The normalized spacial score (nSPS) is 12.0. The van der Waals surface area contributed by atoms with E-state index in [1.165, 1.54) is 17.0 Å². The van der Waals surface area contributed by atoms with Crippen molar-refractivity contribution < 1.29 is 22.4 Å². The summed E-state index contributed by atoms with van der Waals surface area (Å²) in [6, 6.07) is 20.8. The molecule has 0 saturated carbocycles. The van der Waals surface area contributed by atoms with Gasteiger partial charge in [-0.3, -0.25) is 13.9 Å². The topological polar surface area (TPSA) is 86.8 Å². The van der Waals surface area contributed by atoms with Gasteiger partial charge in [-0.2, -0.15) is 0 Å². The first-order valence-corrected chi connectivity index (χ1v) is 15.1. The van der Waals surface area contributed by atoms with E-state index in [-0.39, 0.29) is 18.9 Å². The first-order chi connectivity index (χ1) is 18.1. The Balaban J connectivity index is 2.02. The molecule has 0 aliphatic carbocycles. The highest BCUT2D eigenvalue weighted by Gasteiger charge is 2.32. The summed E-state index contributed by atoms with van der Waals surface area (Å²) in [7, 11) is -3.82. The van der Waals surface area contributed by atoms with Gasteiger partial charge in [0, 0.05) is 23.1 Å². The van der Waals surface area contributed by atoms with E-state index >= 15 is 0 Å². The minimum atomic E-state index is -3.82. The zero-order chi connectivity index (χ0) is 27.7. The zero-order valence-corrected chi connectivity index (χ0v) is 24.3. The van der Waals surface area contributed by atoms with Crippen LogP contribution in [0, 0.1) is 9.39 Å². The Labute approximate surface area is 237 Å². The van der Waals surface area contributed by atoms with Crippen LogP contribution < -0.4 is 9.62 Å². The molecule has 10 heteroatoms. The molecule has 2 amide bonds. The summed E-state index contributed by atoms with van der Waals surface area (Å²) in [6.45, 7) is 1.87. The molecule has 0 spiro atoms. The largest absolute Gasteiger partial charge is 0.354 e. The number of amides is 2. The second kappa shape index (κ2) is 13.7. The molecule has 202 valence electrons. The number of benzene rings is 3. The van der Waals surface area contributed by atoms with Gasteiger partial charge in [0.1, 0.15) is 18.4 Å². The lowest BCUT2D eigenvalue weighted by Gasteiger charge is -2.33. The fraction of sp³-hybridized carbons (Fsp3) is 0.286. The molecular weight excluding hydrogens is 620 g/mol. The molecular formula is C28H31FIN3O4S. The summed E-state index contributed by atoms with van der Waals surface area (Å²) in [5.41, 5.74) is 1.80. The molecule has 0 aliphatic rings. The summed E-state index contributed by atoms with van der Waals surface area (Å²) >= 11 is 2.11. The standard InChI is InChI=1S/C28H31FIN3O4S/c1-3-17-31-28(35)26(18-21-7-5-4-6-8-21)32(19-22-9-11-23(29)12-10-22)27(34)20-33(38(2,36)37)25-15-13-24(30)14-16-25/h4-16,26H,3,17-20H2,1-2H3,(H,31,35)/t26-/m1/s1. The van der Waals surface area contributed by atoms with Gasteiger partial charge < -0.3 is 10.2 Å². The lowest BCUT2D eigenvalue weighted by Crippen LogP contribution is -2.53. The second-order valence-corrected chi connectivity index (χ2v) is 12.0. The van der Waals surface area contributed by atoms with Crippen LogP contribution in [0.15, 0.2) is 78.9 Å². The maximum Gasteiger partial charge on any atom is 0.244 e. The number of carbonyl (C=O) groups is 2. The fourth-order valence-corrected chi connectivity index (χ4v) is 5.14. The Kier molecular flexibility index (Phi) is 10.7. The number of hydrogen-bond donors (Lipinski definition) is 1. The molecule has 3 aromatic carbocycles. The van der Waals surface area contributed by atoms with E-state index in [0.717, 1.165) is 19.7 Å². The van der Waals surface area contributed by atoms with Crippen molar-refractivity contribution in [2.24, 2.45) is 0 Å². The zero-order valence-electron chi connectivity index (χ0n) is 21.3. The molecule has 1 atom stereocenters. The van der Waals surface area contributed by atoms with Crippen molar-refractivity contribution in [3.63, 3.8) is 0 Å². The maximum atomic E-state index is 13.9. The van der Waals surface area contributed by atoms with Gasteiger partial charge in [-0.15, -0.1) is 0 Å². The predicted molar refractivity (Wildman–Crippen MR) is 156 cm³/mol. The first-order valence-electron chi connectivity index (χ1n) is 12.2. The third-order valence-corrected chi connectivity index (χ3v) is 7.74. The summed E-state index contributed by atoms with van der Waals surface area (Å²) < 4.78 is 41.0. The van der Waals surface area contributed by atoms with Crippen molar-refractivity contribution in [3.8, 4) is 0 Å². The number of nitrogens with zero attached hydrogens (tertiary/aromatic N) is 2. The average Bonchev–Trinajstić information content (AvgIpc) is 2.89. The number of rotatable bonds is 12. The van der Waals surface area contributed by atoms with Gasteiger partial charge in [0.05, 0.1) is 11.9 Å². The number of anilines is 1. The summed E-state index contributed by atoms with van der Waals surface area (Å²) in [6.07, 6.45) is 1.98. The Morgan fingerprint density at radius 1 is 0.947 bits per heavy atom. The van der Waals surface area contributed by atoms with Gasteiger partial charge in [-0.1, -0.05) is 49.4 Å². The Morgan fingerprint density at radius 3 is 2.16 bits per heavy atom. The number of nitrogens with one attached hydrogen (secondary N) is 1. The quantitative estimate of drug-likeness (QED) is 0.295. The molecule has 0 aromatic heterocycles. The second-order valence-electron chi connectivity index (χ2n) is 8.89. The average molecular weight is 652 g/mol. The van der Waals surface area contributed by atoms with Gasteiger partial charge in [-0.05, 0) is 76.5 Å². The molecule has 0 fully saturated rings. The van der Waals surface area contributed by atoms with Gasteiger partial charge >= 0.3 is 0 Å². The summed E-state index contributed by atoms with van der Waals surface area (Å²) in [5, 5.41) is 2.88. The van der Waals surface area contributed by atoms with Crippen molar-refractivity contribution in [1.29, 1.82) is 0 Å². The molecule has 7 nitrogen and oxygen atoms in total. The van der Waals surface area contributed by atoms with Gasteiger partial charge in [0.15, 0.2) is 0 Å². The number of carbonyl (C=O) groups excluding carboxylic acids is 2. The molecule has 0 heterocycles. The van der Waals surface area contributed by atoms with Gasteiger partial charge in [-0.25, -0.2) is 12.8 Å². The molecule has 0 saturated heterocycles. The van der Waals surface area contributed by atoms with Crippen LogP contribution in [0.2, 0.25) is 0 Å². The van der Waals surface area contributed by atoms with E-state index in [9.17, 15) is 22.4 Å². The van der Waals surface area contributed by atoms with Crippen LogP contribution in [0.1, 0.15) is 24.5 Å². The minimum absolute atomic E-state index is 0.000445. The number of sulfonamides is 1. The van der Waals surface area contributed by atoms with Crippen molar-refractivity contribution in [2.45, 2.75) is 32.4 Å². The van der Waals surface area contributed by atoms with Crippen LogP contribution in [0.3, 0.4) is 0 Å². The third kappa shape index (κ3) is 8.52. The third-order valence-electron chi connectivity index (χ3n) is 5.88. The van der Waals surface area contributed by atoms with E-state index in [2.05, 4.69) is 27.9 Å². The highest BCUT2D eigenvalue weighted by Crippen LogP contribution is 2.21. The number of halogens is 2. The highest BCUT2D eigenvalue weighted by molar-refractivity contribution is 14.1. The molecule has 38 heavy (non-hydrogen) atoms. The van der Waals surface area contributed by atoms with Crippen LogP contribution in [0.25, 0.3) is 0 Å². The first kappa shape index (κ1) is 29.6. The van der Waals surface area contributed by atoms with Crippen molar-refractivity contribution in [3.05, 3.63) is 99.4 Å². The van der Waals surface area contributed by atoms with E-state index in [1.807, 2.05) is 37.3 Å². The smallest absolute Gasteiger partial charge is 0.244 e. The Hall–Kier alpha value is -2.99. The predicted octanol–water partition coefficient (Wildman–Crippen LogP) is 4.36. The lowest BCUT2D eigenvalue weighted by atomic mass is 10.0. The van der Waals surface area contributed by atoms with Crippen LogP contribution in [-0.2, 0) is 32.6 Å². The van der Waals surface area contributed by atoms with E-state index < -0.39 is 34.3 Å². The molecule has 3 rings (SSSR count). The highest BCUT2D eigenvalue weighted by atomic mass is 127. The molecule has 1 N–H and O–H groups in total. The van der Waals surface area contributed by atoms with Gasteiger partial charge in [0.25, 0.3) is 0 Å². The maximum absolute atomic E-state index is 13.9. The van der Waals surface area contributed by atoms with E-state index in [4.69, 9.17) is 0 Å². The van der Waals surface area contributed by atoms with Crippen molar-refractivity contribution in [2.75, 3.05) is 23.7 Å². The SMILES string of the molecule is CCCNC(=O)[C@@H](Cc1ccccc1)N(Cc1ccc(F)cc1)C(=O)CN(c1ccc(I)cc1)S(C)(=O)=O. The van der Waals surface area contributed by atoms with Crippen LogP contribution >= 0.6 is 22.6 Å². The Morgan fingerprint density at radius 2 is 1.58 bits per heavy atom. The van der Waals surface area contributed by atoms with Crippen LogP contribution in [0.4, 0.5) is 10.1 Å². The monoisotopic (exact) mass is 651 g/mol. The van der Waals surface area contributed by atoms with E-state index in [0.29, 0.717) is 24.2 Å². The minimum Gasteiger partial charge on any atom is -0.354 e. The molecule has 0 bridgehead atoms. The van der Waals surface area contributed by atoms with E-state index in [1.54, 1.807) is 36.4 Å². The molecule has 3 aromatic rings. The van der Waals surface area contributed by atoms with Crippen molar-refractivity contribution >= 4 is 50.1 Å². The van der Waals surface area contributed by atoms with Crippen LogP contribution in [0.5, 0.6) is 0 Å². The molecule has 0 radical (unpaired) electrons. The summed E-state index contributed by atoms with van der Waals surface area (Å²) in [4.78, 5) is 28.7. The molecule has 0 unspecified atom stereocenters. The molecule has 0 aliphatic heterocycles. The lowest BCUT2D eigenvalue weighted by molar-refractivity contribution is -0.140. The summed E-state index contributed by atoms with van der Waals surface area (Å²) in [5.74, 6) is -1.31. The van der Waals surface area contributed by atoms with Crippen molar-refractivity contribution in [1.82, 2.24) is 10.2 Å².